The smallest absolute Gasteiger partial charge is 0.349 e. The number of phenols is 1. The van der Waals surface area contributed by atoms with E-state index in [0.717, 1.165) is 46.9 Å². The van der Waals surface area contributed by atoms with Crippen LogP contribution in [0.15, 0.2) is 370 Å². The van der Waals surface area contributed by atoms with Crippen molar-refractivity contribution in [1.29, 1.82) is 0 Å². The molecule has 0 spiro atoms. The number of hydrogen-bond donors (Lipinski definition) is 6. The Balaban J connectivity index is -0.00000162. The van der Waals surface area contributed by atoms with Gasteiger partial charge >= 0.3 is 28.8 Å². The lowest BCUT2D eigenvalue weighted by Crippen LogP contribution is -2.09. The van der Waals surface area contributed by atoms with E-state index in [1.54, 1.807) is 97.2 Å². The van der Waals surface area contributed by atoms with Crippen molar-refractivity contribution >= 4 is 116 Å². The third-order valence-electron chi connectivity index (χ3n) is 15.4. The average molecular weight is 2060 g/mol. The van der Waals surface area contributed by atoms with E-state index < -0.39 is 14.8 Å². The number of aromatic nitrogens is 10. The summed E-state index contributed by atoms with van der Waals surface area (Å²) >= 11 is 16.2. The van der Waals surface area contributed by atoms with Gasteiger partial charge in [-0.15, -0.1) is 0 Å². The van der Waals surface area contributed by atoms with Gasteiger partial charge in [0, 0.05) is 47.4 Å². The molecule has 5 aromatic heterocycles. The zero-order valence-corrected chi connectivity index (χ0v) is 89.7. The molecule has 0 saturated carbocycles. The van der Waals surface area contributed by atoms with E-state index in [-0.39, 0.29) is 62.7 Å². The number of nitrogen functional groups attached to an aromatic ring is 2. The second-order valence-electron chi connectivity index (χ2n) is 24.6. The predicted octanol–water partition coefficient (Wildman–Crippen LogP) is 33.0. The van der Waals surface area contributed by atoms with Crippen LogP contribution in [0.3, 0.4) is 0 Å². The SMILES string of the molecule is CC.CC.CC.CC.CC.CC.CC.CC.CC.CC.CC.Nc1ccccc1.Nc1cnc(Nc2ccccc2)nc1Oc1ccccc1.O=C(Cc1ccccc1)Cc1cnc(Nc2ccccc2)nc1Oc1ccccc1.O=C=Nc1ccccc1.O=[N+]([O-])c1cnc(Cl)nc1Cl.O=[N+]([O-])c1cnc(Cl)nc1Oc1ccccc1.O=[N+]([O-])c1cnc(Nc2ccccc2)nc1Oc1ccccc1.Oc1ccccc1. The van der Waals surface area contributed by atoms with E-state index in [4.69, 9.17) is 70.3 Å². The van der Waals surface area contributed by atoms with Crippen LogP contribution in [0.4, 0.5) is 69.0 Å². The van der Waals surface area contributed by atoms with Gasteiger partial charge in [0.2, 0.25) is 51.4 Å². The molecule has 0 aliphatic rings. The first-order valence-electron chi connectivity index (χ1n) is 47.9. The number of hydrogen-bond acceptors (Lipinski definition) is 29. The van der Waals surface area contributed by atoms with Crippen LogP contribution in [0.1, 0.15) is 163 Å². The maximum atomic E-state index is 12.6. The lowest BCUT2D eigenvalue weighted by atomic mass is 10.0. The number of rotatable bonds is 22. The molecule has 0 saturated heterocycles. The molecular weight excluding hydrogens is 1930 g/mol. The number of carbonyl (C=O) groups excluding carboxylic acids is 2. The number of nitrogens with two attached hydrogens (primary N) is 2. The quantitative estimate of drug-likeness (QED) is 0.00698. The fraction of sp³-hybridized carbons (Fsp3) is 0.214. The van der Waals surface area contributed by atoms with E-state index in [1.165, 1.54) is 12.3 Å². The predicted molar refractivity (Wildman–Crippen MR) is 602 cm³/mol. The average Bonchev–Trinajstić information content (AvgIpc) is 0.832. The van der Waals surface area contributed by atoms with Crippen LogP contribution in [0.25, 0.3) is 0 Å². The zero-order chi connectivity index (χ0) is 111. The number of nitrogens with one attached hydrogen (secondary N) is 3. The van der Waals surface area contributed by atoms with Crippen molar-refractivity contribution < 1.29 is 48.4 Å². The molecule has 780 valence electrons. The fourth-order valence-electron chi connectivity index (χ4n) is 9.68. The molecule has 8 N–H and O–H groups in total. The molecule has 147 heavy (non-hydrogen) atoms. The Morgan fingerprint density at radius 1 is 0.333 bits per heavy atom. The monoisotopic (exact) mass is 2060 g/mol. The first kappa shape index (κ1) is 134. The number of Topliss-reactive ketones (excluding diaryl/α,β-unsaturated/α-hetero) is 1. The number of aliphatic imine (C=N–C) groups is 1. The Bertz CT molecular complexity index is 6030. The van der Waals surface area contributed by atoms with Gasteiger partial charge in [-0.2, -0.15) is 29.9 Å². The Hall–Kier alpha value is -17.1. The molecular formula is C112H138Cl3N19O13. The highest BCUT2D eigenvalue weighted by atomic mass is 35.5. The van der Waals surface area contributed by atoms with Crippen LogP contribution in [0, 0.1) is 30.3 Å². The molecule has 0 atom stereocenters. The number of anilines is 8. The molecule has 0 aliphatic carbocycles. The van der Waals surface area contributed by atoms with E-state index in [0.29, 0.717) is 75.8 Å². The summed E-state index contributed by atoms with van der Waals surface area (Å²) in [5.41, 5.74) is 16.3. The molecule has 16 aromatic rings. The van der Waals surface area contributed by atoms with Crippen LogP contribution < -0.4 is 46.4 Å². The Kier molecular flexibility index (Phi) is 81.2. The van der Waals surface area contributed by atoms with Gasteiger partial charge in [0.15, 0.2) is 0 Å². The van der Waals surface area contributed by atoms with Crippen LogP contribution >= 0.6 is 34.8 Å². The molecule has 0 bridgehead atoms. The van der Waals surface area contributed by atoms with Gasteiger partial charge in [0.1, 0.15) is 58.8 Å². The normalized spacial score (nSPS) is 8.77. The molecule has 0 unspecified atom stereocenters. The molecule has 0 aliphatic heterocycles. The molecule has 16 rings (SSSR count). The number of para-hydroxylation sites is 10. The van der Waals surface area contributed by atoms with E-state index >= 15 is 0 Å². The third-order valence-corrected chi connectivity index (χ3v) is 16.0. The summed E-state index contributed by atoms with van der Waals surface area (Å²) in [6.07, 6.45) is 8.27. The second-order valence-corrected chi connectivity index (χ2v) is 25.6. The lowest BCUT2D eigenvalue weighted by molar-refractivity contribution is -0.386. The summed E-state index contributed by atoms with van der Waals surface area (Å²) in [5.74, 6) is 4.08. The van der Waals surface area contributed by atoms with Crippen molar-refractivity contribution in [2.45, 2.75) is 165 Å². The van der Waals surface area contributed by atoms with Gasteiger partial charge < -0.3 is 51.5 Å². The van der Waals surface area contributed by atoms with Gasteiger partial charge in [-0.1, -0.05) is 376 Å². The fourth-order valence-corrected chi connectivity index (χ4v) is 10.2. The topological polar surface area (TPSA) is 450 Å². The lowest BCUT2D eigenvalue weighted by Gasteiger charge is -2.12. The largest absolute Gasteiger partial charge is 0.508 e. The van der Waals surface area contributed by atoms with Gasteiger partial charge in [-0.05, 0) is 150 Å². The number of carbonyl (C=O) groups is 1. The Morgan fingerprint density at radius 2 is 0.605 bits per heavy atom. The van der Waals surface area contributed by atoms with Gasteiger partial charge in [0.25, 0.3) is 0 Å². The molecule has 0 amide bonds. The number of nitro groups is 3. The number of benzene rings is 11. The van der Waals surface area contributed by atoms with Crippen molar-refractivity contribution in [2.24, 2.45) is 4.99 Å². The molecule has 32 nitrogen and oxygen atoms in total. The minimum Gasteiger partial charge on any atom is -0.508 e. The third kappa shape index (κ3) is 59.5. The summed E-state index contributed by atoms with van der Waals surface area (Å²) in [6.45, 7) is 44.0. The molecule has 11 aromatic carbocycles. The maximum Gasteiger partial charge on any atom is 0.349 e. The minimum atomic E-state index is -0.682. The Labute approximate surface area is 880 Å². The van der Waals surface area contributed by atoms with Crippen molar-refractivity contribution in [3.8, 4) is 52.3 Å². The van der Waals surface area contributed by atoms with Gasteiger partial charge in [-0.25, -0.2) is 29.7 Å². The van der Waals surface area contributed by atoms with E-state index in [9.17, 15) is 39.9 Å². The van der Waals surface area contributed by atoms with Crippen LogP contribution in [0.5, 0.6) is 52.3 Å². The summed E-state index contributed by atoms with van der Waals surface area (Å²) in [5, 5.41) is 49.4. The number of ether oxygens (including phenoxy) is 4. The number of halogens is 3. The molecule has 0 radical (unpaired) electrons. The maximum absolute atomic E-state index is 12.6. The first-order valence-corrected chi connectivity index (χ1v) is 49.0. The number of isocyanates is 1. The molecule has 35 heteroatoms. The van der Waals surface area contributed by atoms with E-state index in [2.05, 4.69) is 70.8 Å². The number of phenolic OH excluding ortho intramolecular Hbond substituents is 1. The van der Waals surface area contributed by atoms with Crippen molar-refractivity contribution in [1.82, 2.24) is 49.8 Å². The summed E-state index contributed by atoms with van der Waals surface area (Å²) in [7, 11) is 0. The molecule has 5 heterocycles. The van der Waals surface area contributed by atoms with Crippen LogP contribution in [-0.4, -0.2) is 81.6 Å². The zero-order valence-electron chi connectivity index (χ0n) is 87.5. The van der Waals surface area contributed by atoms with Crippen molar-refractivity contribution in [3.63, 3.8) is 0 Å². The van der Waals surface area contributed by atoms with E-state index in [1.807, 2.05) is 395 Å². The highest BCUT2D eigenvalue weighted by molar-refractivity contribution is 6.33. The highest BCUT2D eigenvalue weighted by Gasteiger charge is 2.22. The number of nitrogens with zero attached hydrogens (tertiary/aromatic N) is 14. The summed E-state index contributed by atoms with van der Waals surface area (Å²) < 4.78 is 22.5. The molecule has 0 fully saturated rings. The minimum absolute atomic E-state index is 0.0754. The van der Waals surface area contributed by atoms with Crippen molar-refractivity contribution in [3.05, 3.63) is 422 Å². The van der Waals surface area contributed by atoms with Gasteiger partial charge in [0.05, 0.1) is 26.7 Å². The van der Waals surface area contributed by atoms with Crippen molar-refractivity contribution in [2.75, 3.05) is 27.4 Å². The Morgan fingerprint density at radius 3 is 0.932 bits per heavy atom. The summed E-state index contributed by atoms with van der Waals surface area (Å²) in [6, 6.07) is 102. The standard InChI is InChI=1S/C25H21N3O2.C16H12N4O3.C16H14N4O.C10H6ClN3O3.C7H5NO.C6H7N.C6H6O.C4HCl2N3O2.11C2H6/c29-22(16-19-10-4-1-5-11-19)17-20-18-26-25(27-21-12-6-2-7-13-21)28-24(20)30-23-14-8-3-9-15-23;21-20(22)14-11-17-16(18-12-7-3-1-4-8-12)19-15(14)23-13-9-5-2-6-10-13;17-14-11-18-16(19-12-7-3-1-4-8-12)20-15(14)21-13-9-5-2-6-10-13;11-10-12-6-8(14(15)16)9(13-10)17-7-4-2-1-3-5-7;9-6-8-7-4-2-1-3-5-7;2*7-6-4-2-1-3-5-6;5-3-2(9(10)11)1-7-4(6)8-3;11*1-2/h1-15,18H,16-17H2,(H,26,27,28);1-11H,(H,17,18,19);1-11H,17H2,(H,18,19,20);1-6H;1-5H;1-5H,7H2;1-5,7H;1H;11*1-2H3. The van der Waals surface area contributed by atoms with Crippen LogP contribution in [0.2, 0.25) is 15.7 Å². The first-order chi connectivity index (χ1) is 71.8. The highest BCUT2D eigenvalue weighted by Crippen LogP contribution is 2.34. The second kappa shape index (κ2) is 89.1. The summed E-state index contributed by atoms with van der Waals surface area (Å²) in [4.78, 5) is 95.2. The van der Waals surface area contributed by atoms with Gasteiger partial charge in [-0.3, -0.25) is 35.1 Å². The number of ketones is 1. The number of aromatic hydroxyl groups is 1. The van der Waals surface area contributed by atoms with Crippen LogP contribution in [-0.2, 0) is 22.4 Å².